The maximum absolute atomic E-state index is 12.7. The molecule has 0 spiro atoms. The van der Waals surface area contributed by atoms with Crippen molar-refractivity contribution in [1.82, 2.24) is 14.7 Å². The molecule has 3 aliphatic heterocycles. The van der Waals surface area contributed by atoms with Crippen molar-refractivity contribution in [3.05, 3.63) is 28.8 Å². The number of anilines is 1. The molecule has 2 amide bonds. The number of carbonyl (C=O) groups excluding carboxylic acids is 2. The SMILES string of the molecule is CC(=O)N1CC2CN(c3cc(Cl)ccc3CN3CCN(C(=O)OC(C)C(F)(F)F)CC3)CC2C1. The molecular weight excluding hydrogens is 473 g/mol. The number of alkyl halides is 3. The number of fused-ring (bicyclic) bond motifs is 1. The zero-order chi connectivity index (χ0) is 24.6. The minimum atomic E-state index is -4.57. The van der Waals surface area contributed by atoms with Crippen LogP contribution in [0.2, 0.25) is 5.02 Å². The topological polar surface area (TPSA) is 56.3 Å². The van der Waals surface area contributed by atoms with Gasteiger partial charge < -0.3 is 19.4 Å². The summed E-state index contributed by atoms with van der Waals surface area (Å²) in [6.07, 6.45) is -7.63. The number of amides is 2. The molecular formula is C23H30ClF3N4O3. The largest absolute Gasteiger partial charge is 0.437 e. The molecule has 3 heterocycles. The number of piperazine rings is 1. The predicted molar refractivity (Wildman–Crippen MR) is 122 cm³/mol. The van der Waals surface area contributed by atoms with Crippen LogP contribution in [0.25, 0.3) is 0 Å². The van der Waals surface area contributed by atoms with Gasteiger partial charge in [-0.1, -0.05) is 17.7 Å². The summed E-state index contributed by atoms with van der Waals surface area (Å²) >= 11 is 6.32. The fourth-order valence-corrected chi connectivity index (χ4v) is 5.20. The number of benzene rings is 1. The summed E-state index contributed by atoms with van der Waals surface area (Å²) in [7, 11) is 0. The molecule has 0 aliphatic carbocycles. The quantitative estimate of drug-likeness (QED) is 0.631. The number of likely N-dealkylation sites (tertiary alicyclic amines) is 1. The highest BCUT2D eigenvalue weighted by molar-refractivity contribution is 6.30. The third-order valence-electron chi connectivity index (χ3n) is 7.08. The van der Waals surface area contributed by atoms with E-state index in [1.54, 1.807) is 6.92 Å². The van der Waals surface area contributed by atoms with Gasteiger partial charge in [-0.25, -0.2) is 4.79 Å². The van der Waals surface area contributed by atoms with Crippen molar-refractivity contribution in [2.75, 3.05) is 57.3 Å². The lowest BCUT2D eigenvalue weighted by molar-refractivity contribution is -0.200. The lowest BCUT2D eigenvalue weighted by atomic mass is 10.0. The van der Waals surface area contributed by atoms with Crippen LogP contribution in [0, 0.1) is 11.8 Å². The summed E-state index contributed by atoms with van der Waals surface area (Å²) in [4.78, 5) is 31.6. The minimum absolute atomic E-state index is 0.125. The number of hydrogen-bond donors (Lipinski definition) is 0. The highest BCUT2D eigenvalue weighted by Crippen LogP contribution is 2.37. The van der Waals surface area contributed by atoms with Crippen molar-refractivity contribution in [2.24, 2.45) is 11.8 Å². The summed E-state index contributed by atoms with van der Waals surface area (Å²) in [5, 5.41) is 0.660. The zero-order valence-electron chi connectivity index (χ0n) is 19.4. The molecule has 0 radical (unpaired) electrons. The van der Waals surface area contributed by atoms with Gasteiger partial charge in [0.05, 0.1) is 0 Å². The highest BCUT2D eigenvalue weighted by Gasteiger charge is 2.42. The van der Waals surface area contributed by atoms with Crippen LogP contribution in [0.15, 0.2) is 18.2 Å². The van der Waals surface area contributed by atoms with Crippen molar-refractivity contribution < 1.29 is 27.5 Å². The van der Waals surface area contributed by atoms with Gasteiger partial charge in [-0.3, -0.25) is 9.69 Å². The van der Waals surface area contributed by atoms with E-state index >= 15 is 0 Å². The van der Waals surface area contributed by atoms with Crippen molar-refractivity contribution in [3.8, 4) is 0 Å². The second-order valence-corrected chi connectivity index (χ2v) is 9.89. The molecule has 188 valence electrons. The number of carbonyl (C=O) groups is 2. The molecule has 4 rings (SSSR count). The molecule has 7 nitrogen and oxygen atoms in total. The average molecular weight is 503 g/mol. The smallest absolute Gasteiger partial charge is 0.425 e. The average Bonchev–Trinajstić information content (AvgIpc) is 3.34. The Morgan fingerprint density at radius 3 is 2.24 bits per heavy atom. The molecule has 0 N–H and O–H groups in total. The van der Waals surface area contributed by atoms with Crippen molar-refractivity contribution in [2.45, 2.75) is 32.7 Å². The molecule has 3 saturated heterocycles. The van der Waals surface area contributed by atoms with Crippen LogP contribution in [0.1, 0.15) is 19.4 Å². The van der Waals surface area contributed by atoms with E-state index in [1.165, 1.54) is 4.90 Å². The van der Waals surface area contributed by atoms with Crippen LogP contribution in [0.5, 0.6) is 0 Å². The molecule has 11 heteroatoms. The van der Waals surface area contributed by atoms with E-state index in [1.807, 2.05) is 23.1 Å². The van der Waals surface area contributed by atoms with Gasteiger partial charge in [0.25, 0.3) is 0 Å². The maximum atomic E-state index is 12.7. The Bertz CT molecular complexity index is 909. The Kier molecular flexibility index (Phi) is 7.19. The highest BCUT2D eigenvalue weighted by atomic mass is 35.5. The molecule has 1 aromatic rings. The summed E-state index contributed by atoms with van der Waals surface area (Å²) < 4.78 is 42.6. The fraction of sp³-hybridized carbons (Fsp3) is 0.652. The van der Waals surface area contributed by atoms with Gasteiger partial charge in [-0.05, 0) is 24.6 Å². The van der Waals surface area contributed by atoms with E-state index in [-0.39, 0.29) is 5.91 Å². The van der Waals surface area contributed by atoms with Crippen LogP contribution >= 0.6 is 11.6 Å². The van der Waals surface area contributed by atoms with Gasteiger partial charge in [-0.15, -0.1) is 0 Å². The Labute approximate surface area is 202 Å². The Balaban J connectivity index is 1.34. The lowest BCUT2D eigenvalue weighted by Gasteiger charge is -2.35. The molecule has 3 fully saturated rings. The number of nitrogens with zero attached hydrogens (tertiary/aromatic N) is 4. The second kappa shape index (κ2) is 9.81. The maximum Gasteiger partial charge on any atom is 0.425 e. The van der Waals surface area contributed by atoms with Crippen LogP contribution in [-0.2, 0) is 16.1 Å². The number of ether oxygens (including phenoxy) is 1. The minimum Gasteiger partial charge on any atom is -0.437 e. The van der Waals surface area contributed by atoms with Crippen molar-refractivity contribution in [1.29, 1.82) is 0 Å². The molecule has 3 aliphatic rings. The van der Waals surface area contributed by atoms with Crippen LogP contribution in [0.3, 0.4) is 0 Å². The van der Waals surface area contributed by atoms with Crippen molar-refractivity contribution in [3.63, 3.8) is 0 Å². The number of halogens is 4. The molecule has 1 aromatic carbocycles. The molecule has 0 saturated carbocycles. The van der Waals surface area contributed by atoms with Crippen LogP contribution in [0.4, 0.5) is 23.7 Å². The summed E-state index contributed by atoms with van der Waals surface area (Å²) in [6, 6.07) is 5.85. The zero-order valence-corrected chi connectivity index (χ0v) is 20.1. The first-order valence-electron chi connectivity index (χ1n) is 11.5. The van der Waals surface area contributed by atoms with E-state index in [4.69, 9.17) is 11.6 Å². The van der Waals surface area contributed by atoms with Crippen LogP contribution < -0.4 is 4.90 Å². The third-order valence-corrected chi connectivity index (χ3v) is 7.32. The second-order valence-electron chi connectivity index (χ2n) is 9.45. The Morgan fingerprint density at radius 1 is 1.06 bits per heavy atom. The van der Waals surface area contributed by atoms with Crippen LogP contribution in [-0.4, -0.2) is 91.3 Å². The first-order chi connectivity index (χ1) is 16.0. The van der Waals surface area contributed by atoms with Crippen molar-refractivity contribution >= 4 is 29.3 Å². The molecule has 3 atom stereocenters. The Morgan fingerprint density at radius 2 is 1.68 bits per heavy atom. The van der Waals surface area contributed by atoms with E-state index < -0.39 is 18.4 Å². The Hall–Kier alpha value is -2.20. The first kappa shape index (κ1) is 24.9. The molecule has 0 bridgehead atoms. The monoisotopic (exact) mass is 502 g/mol. The fourth-order valence-electron chi connectivity index (χ4n) is 5.03. The van der Waals surface area contributed by atoms with Gasteiger partial charge in [0.2, 0.25) is 5.91 Å². The van der Waals surface area contributed by atoms with Gasteiger partial charge in [-0.2, -0.15) is 13.2 Å². The van der Waals surface area contributed by atoms with E-state index in [2.05, 4.69) is 14.5 Å². The van der Waals surface area contributed by atoms with E-state index in [0.717, 1.165) is 44.4 Å². The lowest BCUT2D eigenvalue weighted by Crippen LogP contribution is -2.49. The molecule has 3 unspecified atom stereocenters. The number of hydrogen-bond acceptors (Lipinski definition) is 5. The molecule has 34 heavy (non-hydrogen) atoms. The standard InChI is InChI=1S/C23H30ClF3N4O3/c1-15(23(25,26)27)34-22(33)29-7-5-28(6-8-29)10-17-3-4-20(24)9-21(17)31-13-18-11-30(16(2)32)12-19(18)14-31/h3-4,9,15,18-19H,5-8,10-14H2,1-2H3. The first-order valence-corrected chi connectivity index (χ1v) is 11.9. The van der Waals surface area contributed by atoms with Gasteiger partial charge >= 0.3 is 12.3 Å². The summed E-state index contributed by atoms with van der Waals surface area (Å²) in [5.41, 5.74) is 2.20. The number of rotatable bonds is 4. The van der Waals surface area contributed by atoms with Gasteiger partial charge in [0.15, 0.2) is 6.10 Å². The van der Waals surface area contributed by atoms with E-state index in [9.17, 15) is 22.8 Å². The predicted octanol–water partition coefficient (Wildman–Crippen LogP) is 3.46. The molecule has 0 aromatic heterocycles. The summed E-state index contributed by atoms with van der Waals surface area (Å²) in [6.45, 7) is 8.12. The summed E-state index contributed by atoms with van der Waals surface area (Å²) in [5.74, 6) is 1.02. The normalized spacial score (nSPS) is 24.4. The third kappa shape index (κ3) is 5.54. The van der Waals surface area contributed by atoms with Gasteiger partial charge in [0, 0.05) is 88.4 Å². The van der Waals surface area contributed by atoms with E-state index in [0.29, 0.717) is 49.6 Å². The van der Waals surface area contributed by atoms with Gasteiger partial charge in [0.1, 0.15) is 0 Å².